The molecule has 138 valence electrons. The fourth-order valence-corrected chi connectivity index (χ4v) is 4.04. The monoisotopic (exact) mass is 437 g/mol. The predicted octanol–water partition coefficient (Wildman–Crippen LogP) is 4.75. The maximum Gasteiger partial charge on any atom is 0.227 e. The molecule has 1 aliphatic rings. The summed E-state index contributed by atoms with van der Waals surface area (Å²) in [5.41, 5.74) is 0.684. The van der Waals surface area contributed by atoms with E-state index in [9.17, 15) is 4.79 Å². The summed E-state index contributed by atoms with van der Waals surface area (Å²) in [4.78, 5) is 19.4. The Labute approximate surface area is 166 Å². The molecule has 0 spiro atoms. The average molecular weight is 439 g/mol. The number of anilines is 2. The molecule has 2 atom stereocenters. The van der Waals surface area contributed by atoms with Crippen LogP contribution in [-0.2, 0) is 4.79 Å². The first-order valence-corrected chi connectivity index (χ1v) is 9.68. The van der Waals surface area contributed by atoms with Crippen LogP contribution in [0.5, 0.6) is 5.75 Å². The van der Waals surface area contributed by atoms with Gasteiger partial charge in [0.05, 0.1) is 16.6 Å². The largest absolute Gasteiger partial charge is 0.495 e. The second kappa shape index (κ2) is 8.27. The number of nitrogens with zero attached hydrogens (tertiary/aromatic N) is 2. The molecular weight excluding hydrogens is 418 g/mol. The van der Waals surface area contributed by atoms with E-state index in [-0.39, 0.29) is 17.9 Å². The van der Waals surface area contributed by atoms with Crippen molar-refractivity contribution in [1.29, 1.82) is 0 Å². The number of ether oxygens (including phenoxy) is 1. The summed E-state index contributed by atoms with van der Waals surface area (Å²) < 4.78 is 6.11. The zero-order chi connectivity index (χ0) is 18.7. The van der Waals surface area contributed by atoms with Crippen molar-refractivity contribution in [2.75, 3.05) is 23.9 Å². The van der Waals surface area contributed by atoms with Gasteiger partial charge in [0.1, 0.15) is 11.6 Å². The molecule has 1 aromatic heterocycles. The molecule has 7 heteroatoms. The first-order valence-electron chi connectivity index (χ1n) is 8.51. The fourth-order valence-electron chi connectivity index (χ4n) is 3.30. The van der Waals surface area contributed by atoms with Gasteiger partial charge in [-0.3, -0.25) is 4.79 Å². The number of nitrogens with one attached hydrogen (secondary N) is 1. The number of rotatable bonds is 4. The van der Waals surface area contributed by atoms with Gasteiger partial charge in [-0.15, -0.1) is 0 Å². The standard InChI is InChI=1S/C19H21BrClN3O2/c1-12-10-13(7-9-24(12)18-15(20)4-3-8-22-18)19(25)23-14-5-6-17(26-2)16(21)11-14/h3-6,8,11-13H,7,9-10H2,1-2H3,(H,23,25)/t12-,13-/m0/s1. The van der Waals surface area contributed by atoms with E-state index in [1.54, 1.807) is 31.5 Å². The topological polar surface area (TPSA) is 54.5 Å². The van der Waals surface area contributed by atoms with Crippen LogP contribution in [-0.4, -0.2) is 30.6 Å². The highest BCUT2D eigenvalue weighted by molar-refractivity contribution is 9.10. The van der Waals surface area contributed by atoms with Crippen LogP contribution in [0.4, 0.5) is 11.5 Å². The minimum Gasteiger partial charge on any atom is -0.495 e. The second-order valence-electron chi connectivity index (χ2n) is 6.41. The number of carbonyl (C=O) groups is 1. The van der Waals surface area contributed by atoms with E-state index in [4.69, 9.17) is 16.3 Å². The number of amides is 1. The van der Waals surface area contributed by atoms with E-state index in [0.717, 1.165) is 29.7 Å². The summed E-state index contributed by atoms with van der Waals surface area (Å²) in [6.07, 6.45) is 3.35. The number of aromatic nitrogens is 1. The molecule has 0 unspecified atom stereocenters. The Morgan fingerprint density at radius 1 is 1.42 bits per heavy atom. The Bertz CT molecular complexity index is 802. The van der Waals surface area contributed by atoms with E-state index < -0.39 is 0 Å². The Hall–Kier alpha value is -1.79. The lowest BCUT2D eigenvalue weighted by Crippen LogP contribution is -2.44. The zero-order valence-corrected chi connectivity index (χ0v) is 17.0. The van der Waals surface area contributed by atoms with E-state index in [0.29, 0.717) is 16.5 Å². The normalized spacial score (nSPS) is 19.9. The second-order valence-corrected chi connectivity index (χ2v) is 7.67. The molecule has 26 heavy (non-hydrogen) atoms. The maximum atomic E-state index is 12.7. The van der Waals surface area contributed by atoms with Crippen LogP contribution in [0.1, 0.15) is 19.8 Å². The van der Waals surface area contributed by atoms with Crippen LogP contribution in [0.2, 0.25) is 5.02 Å². The third kappa shape index (κ3) is 4.13. The summed E-state index contributed by atoms with van der Waals surface area (Å²) in [6, 6.07) is 9.38. The van der Waals surface area contributed by atoms with Gasteiger partial charge in [0, 0.05) is 30.4 Å². The van der Waals surface area contributed by atoms with Crippen LogP contribution in [0, 0.1) is 5.92 Å². The van der Waals surface area contributed by atoms with E-state index in [2.05, 4.69) is 38.1 Å². The Balaban J connectivity index is 1.64. The van der Waals surface area contributed by atoms with Crippen LogP contribution < -0.4 is 15.0 Å². The van der Waals surface area contributed by atoms with Gasteiger partial charge in [0.25, 0.3) is 0 Å². The maximum absolute atomic E-state index is 12.7. The summed E-state index contributed by atoms with van der Waals surface area (Å²) in [5.74, 6) is 1.51. The number of hydrogen-bond acceptors (Lipinski definition) is 4. The minimum absolute atomic E-state index is 0.0258. The minimum atomic E-state index is -0.0374. The predicted molar refractivity (Wildman–Crippen MR) is 108 cm³/mol. The number of halogens is 2. The van der Waals surface area contributed by atoms with Crippen LogP contribution in [0.3, 0.4) is 0 Å². The smallest absolute Gasteiger partial charge is 0.227 e. The molecule has 5 nitrogen and oxygen atoms in total. The van der Waals surface area contributed by atoms with Gasteiger partial charge in [-0.1, -0.05) is 11.6 Å². The molecule has 0 bridgehead atoms. The number of benzene rings is 1. The molecule has 1 fully saturated rings. The molecule has 1 aliphatic heterocycles. The highest BCUT2D eigenvalue weighted by Gasteiger charge is 2.31. The average Bonchev–Trinajstić information content (AvgIpc) is 2.62. The van der Waals surface area contributed by atoms with Gasteiger partial charge in [0.15, 0.2) is 0 Å². The SMILES string of the molecule is COc1ccc(NC(=O)[C@H]2CCN(c3ncccc3Br)[C@@H](C)C2)cc1Cl. The van der Waals surface area contributed by atoms with Crippen molar-refractivity contribution in [1.82, 2.24) is 4.98 Å². The van der Waals surface area contributed by atoms with Gasteiger partial charge < -0.3 is 15.0 Å². The molecule has 2 heterocycles. The first kappa shape index (κ1) is 19.0. The third-order valence-electron chi connectivity index (χ3n) is 4.68. The van der Waals surface area contributed by atoms with Crippen molar-refractivity contribution >= 4 is 44.9 Å². The van der Waals surface area contributed by atoms with Crippen LogP contribution >= 0.6 is 27.5 Å². The Kier molecular flexibility index (Phi) is 6.04. The van der Waals surface area contributed by atoms with E-state index in [1.165, 1.54) is 0 Å². The highest BCUT2D eigenvalue weighted by atomic mass is 79.9. The van der Waals surface area contributed by atoms with Crippen LogP contribution in [0.15, 0.2) is 41.0 Å². The molecule has 1 aromatic carbocycles. The third-order valence-corrected chi connectivity index (χ3v) is 5.59. The molecule has 1 N–H and O–H groups in total. The summed E-state index contributed by atoms with van der Waals surface area (Å²) in [5, 5.41) is 3.45. The van der Waals surface area contributed by atoms with Gasteiger partial charge in [-0.05, 0) is 66.0 Å². The van der Waals surface area contributed by atoms with Crippen molar-refractivity contribution in [3.63, 3.8) is 0 Å². The van der Waals surface area contributed by atoms with Crippen molar-refractivity contribution in [3.05, 3.63) is 46.0 Å². The van der Waals surface area contributed by atoms with Gasteiger partial charge in [0.2, 0.25) is 5.91 Å². The molecular formula is C19H21BrClN3O2. The first-order chi connectivity index (χ1) is 12.5. The number of carbonyl (C=O) groups excluding carboxylic acids is 1. The van der Waals surface area contributed by atoms with E-state index >= 15 is 0 Å². The molecule has 1 amide bonds. The highest BCUT2D eigenvalue weighted by Crippen LogP contribution is 2.32. The molecule has 0 radical (unpaired) electrons. The van der Waals surface area contributed by atoms with Crippen molar-refractivity contribution in [3.8, 4) is 5.75 Å². The fraction of sp³-hybridized carbons (Fsp3) is 0.368. The number of pyridine rings is 1. The van der Waals surface area contributed by atoms with Crippen molar-refractivity contribution < 1.29 is 9.53 Å². The number of piperidine rings is 1. The molecule has 3 rings (SSSR count). The summed E-state index contributed by atoms with van der Waals surface area (Å²) >= 11 is 9.69. The summed E-state index contributed by atoms with van der Waals surface area (Å²) in [7, 11) is 1.56. The summed E-state index contributed by atoms with van der Waals surface area (Å²) in [6.45, 7) is 2.92. The lowest BCUT2D eigenvalue weighted by molar-refractivity contribution is -0.120. The Morgan fingerprint density at radius 3 is 2.88 bits per heavy atom. The lowest BCUT2D eigenvalue weighted by atomic mass is 9.90. The quantitative estimate of drug-likeness (QED) is 0.748. The molecule has 0 aliphatic carbocycles. The van der Waals surface area contributed by atoms with Gasteiger partial charge in [-0.25, -0.2) is 4.98 Å². The lowest BCUT2D eigenvalue weighted by Gasteiger charge is -2.38. The van der Waals surface area contributed by atoms with E-state index in [1.807, 2.05) is 12.1 Å². The number of hydrogen-bond donors (Lipinski definition) is 1. The Morgan fingerprint density at radius 2 is 2.23 bits per heavy atom. The van der Waals surface area contributed by atoms with Crippen molar-refractivity contribution in [2.24, 2.45) is 5.92 Å². The van der Waals surface area contributed by atoms with Gasteiger partial charge >= 0.3 is 0 Å². The molecule has 0 saturated carbocycles. The number of methoxy groups -OCH3 is 1. The zero-order valence-electron chi connectivity index (χ0n) is 14.7. The molecule has 2 aromatic rings. The van der Waals surface area contributed by atoms with Crippen LogP contribution in [0.25, 0.3) is 0 Å². The van der Waals surface area contributed by atoms with Gasteiger partial charge in [-0.2, -0.15) is 0 Å². The molecule has 1 saturated heterocycles. The van der Waals surface area contributed by atoms with Crippen molar-refractivity contribution in [2.45, 2.75) is 25.8 Å².